The molecule has 0 spiro atoms. The van der Waals surface area contributed by atoms with E-state index in [0.29, 0.717) is 18.1 Å². The Hall–Kier alpha value is -2.17. The van der Waals surface area contributed by atoms with Gasteiger partial charge in [-0.3, -0.25) is 0 Å². The molecule has 2 N–H and O–H groups in total. The molecule has 0 saturated carbocycles. The Kier molecular flexibility index (Phi) is 4.50. The second-order valence-electron chi connectivity index (χ2n) is 4.76. The maximum absolute atomic E-state index is 14.2. The molecule has 2 aromatic rings. The van der Waals surface area contributed by atoms with E-state index >= 15 is 0 Å². The zero-order chi connectivity index (χ0) is 14.5. The summed E-state index contributed by atoms with van der Waals surface area (Å²) in [6.07, 6.45) is 2.32. The summed E-state index contributed by atoms with van der Waals surface area (Å²) in [5.41, 5.74) is 7.84. The fraction of sp³-hybridized carbons (Fsp3) is 0.333. The van der Waals surface area contributed by atoms with Crippen molar-refractivity contribution in [2.45, 2.75) is 26.8 Å². The summed E-state index contributed by atoms with van der Waals surface area (Å²) in [5.74, 6) is 0.00701. The first-order chi connectivity index (χ1) is 9.61. The molecule has 0 fully saturated rings. The molecule has 0 atom stereocenters. The summed E-state index contributed by atoms with van der Waals surface area (Å²) < 4.78 is 14.2. The lowest BCUT2D eigenvalue weighted by molar-refractivity contribution is 0.587. The van der Waals surface area contributed by atoms with Crippen molar-refractivity contribution in [1.82, 2.24) is 9.97 Å². The van der Waals surface area contributed by atoms with Crippen LogP contribution in [0.25, 0.3) is 0 Å². The zero-order valence-electron chi connectivity index (χ0n) is 11.8. The Bertz CT molecular complexity index is 569. The molecule has 0 bridgehead atoms. The predicted molar refractivity (Wildman–Crippen MR) is 78.9 cm³/mol. The normalized spacial score (nSPS) is 10.6. The van der Waals surface area contributed by atoms with Gasteiger partial charge in [0, 0.05) is 18.8 Å². The first kappa shape index (κ1) is 14.2. The highest BCUT2D eigenvalue weighted by Gasteiger charge is 2.15. The van der Waals surface area contributed by atoms with Gasteiger partial charge in [-0.15, -0.1) is 0 Å². The van der Waals surface area contributed by atoms with Crippen LogP contribution in [0.2, 0.25) is 0 Å². The number of anilines is 2. The van der Waals surface area contributed by atoms with Gasteiger partial charge in [-0.2, -0.15) is 0 Å². The molecule has 0 unspecified atom stereocenters. The number of hydrogen-bond donors (Lipinski definition) is 1. The minimum Gasteiger partial charge on any atom is -0.399 e. The van der Waals surface area contributed by atoms with Crippen LogP contribution >= 0.6 is 0 Å². The molecule has 20 heavy (non-hydrogen) atoms. The molecule has 0 aliphatic carbocycles. The van der Waals surface area contributed by atoms with Crippen molar-refractivity contribution < 1.29 is 4.39 Å². The van der Waals surface area contributed by atoms with Crippen LogP contribution in [0.5, 0.6) is 0 Å². The molecule has 0 aliphatic rings. The van der Waals surface area contributed by atoms with E-state index in [1.807, 2.05) is 29.2 Å². The van der Waals surface area contributed by atoms with Gasteiger partial charge >= 0.3 is 0 Å². The summed E-state index contributed by atoms with van der Waals surface area (Å²) in [5, 5.41) is 0. The second kappa shape index (κ2) is 6.32. The van der Waals surface area contributed by atoms with Crippen molar-refractivity contribution in [1.29, 1.82) is 0 Å². The van der Waals surface area contributed by atoms with Crippen LogP contribution in [-0.4, -0.2) is 16.5 Å². The molecule has 106 valence electrons. The molecule has 0 saturated heterocycles. The number of aromatic nitrogens is 2. The average molecular weight is 274 g/mol. The van der Waals surface area contributed by atoms with E-state index in [1.165, 1.54) is 6.33 Å². The van der Waals surface area contributed by atoms with E-state index in [4.69, 9.17) is 5.73 Å². The first-order valence-electron chi connectivity index (χ1n) is 6.68. The Morgan fingerprint density at radius 1 is 1.20 bits per heavy atom. The van der Waals surface area contributed by atoms with Gasteiger partial charge in [-0.05, 0) is 31.0 Å². The second-order valence-corrected chi connectivity index (χ2v) is 4.76. The van der Waals surface area contributed by atoms with Crippen molar-refractivity contribution in [2.24, 2.45) is 0 Å². The number of nitrogens with two attached hydrogens (primary N) is 1. The fourth-order valence-corrected chi connectivity index (χ4v) is 2.04. The highest BCUT2D eigenvalue weighted by molar-refractivity contribution is 5.44. The smallest absolute Gasteiger partial charge is 0.186 e. The van der Waals surface area contributed by atoms with Crippen LogP contribution in [-0.2, 0) is 6.54 Å². The lowest BCUT2D eigenvalue weighted by Crippen LogP contribution is -2.26. The van der Waals surface area contributed by atoms with Gasteiger partial charge < -0.3 is 10.6 Å². The Morgan fingerprint density at radius 3 is 2.55 bits per heavy atom. The number of hydrogen-bond acceptors (Lipinski definition) is 4. The molecule has 0 radical (unpaired) electrons. The summed E-state index contributed by atoms with van der Waals surface area (Å²) in [4.78, 5) is 9.88. The molecule has 4 nitrogen and oxygen atoms in total. The van der Waals surface area contributed by atoms with Gasteiger partial charge in [0.2, 0.25) is 0 Å². The number of nitrogens with zero attached hydrogens (tertiary/aromatic N) is 3. The van der Waals surface area contributed by atoms with Gasteiger partial charge in [0.05, 0.1) is 5.69 Å². The number of nitrogen functional groups attached to an aromatic ring is 1. The number of benzene rings is 1. The highest BCUT2D eigenvalue weighted by Crippen LogP contribution is 2.20. The SMILES string of the molecule is CCCN(Cc1ccc(N)cc1)c1ncnc(C)c1F. The zero-order valence-corrected chi connectivity index (χ0v) is 11.8. The van der Waals surface area contributed by atoms with E-state index in [2.05, 4.69) is 16.9 Å². The molecule has 1 aromatic heterocycles. The monoisotopic (exact) mass is 274 g/mol. The van der Waals surface area contributed by atoms with Crippen molar-refractivity contribution in [3.63, 3.8) is 0 Å². The van der Waals surface area contributed by atoms with Gasteiger partial charge in [-0.25, -0.2) is 14.4 Å². The van der Waals surface area contributed by atoms with E-state index in [-0.39, 0.29) is 5.82 Å². The summed E-state index contributed by atoms with van der Waals surface area (Å²) >= 11 is 0. The first-order valence-corrected chi connectivity index (χ1v) is 6.68. The van der Waals surface area contributed by atoms with Crippen molar-refractivity contribution in [2.75, 3.05) is 17.2 Å². The molecule has 2 rings (SSSR count). The van der Waals surface area contributed by atoms with E-state index in [0.717, 1.165) is 24.2 Å². The van der Waals surface area contributed by atoms with Gasteiger partial charge in [0.1, 0.15) is 6.33 Å². The molecule has 0 amide bonds. The van der Waals surface area contributed by atoms with Crippen LogP contribution in [0.4, 0.5) is 15.9 Å². The standard InChI is InChI=1S/C15H19FN4/c1-3-8-20(9-12-4-6-13(17)7-5-12)15-14(16)11(2)18-10-19-15/h4-7,10H,3,8-9,17H2,1-2H3. The molecule has 1 aromatic carbocycles. The van der Waals surface area contributed by atoms with Crippen molar-refractivity contribution in [3.05, 3.63) is 47.7 Å². The third-order valence-corrected chi connectivity index (χ3v) is 3.09. The lowest BCUT2D eigenvalue weighted by Gasteiger charge is -2.24. The van der Waals surface area contributed by atoms with Crippen molar-refractivity contribution in [3.8, 4) is 0 Å². The molecular weight excluding hydrogens is 255 g/mol. The molecule has 0 aliphatic heterocycles. The minimum absolute atomic E-state index is 0.351. The van der Waals surface area contributed by atoms with Gasteiger partial charge in [0.15, 0.2) is 11.6 Å². The largest absolute Gasteiger partial charge is 0.399 e. The molecule has 5 heteroatoms. The van der Waals surface area contributed by atoms with Crippen LogP contribution in [0.1, 0.15) is 24.6 Å². The van der Waals surface area contributed by atoms with Crippen molar-refractivity contribution >= 4 is 11.5 Å². The van der Waals surface area contributed by atoms with Gasteiger partial charge in [0.25, 0.3) is 0 Å². The Balaban J connectivity index is 2.26. The van der Waals surface area contributed by atoms with Crippen LogP contribution in [0.15, 0.2) is 30.6 Å². The van der Waals surface area contributed by atoms with E-state index < -0.39 is 0 Å². The quantitative estimate of drug-likeness (QED) is 0.852. The average Bonchev–Trinajstić information content (AvgIpc) is 2.44. The molecule has 1 heterocycles. The summed E-state index contributed by atoms with van der Waals surface area (Å²) in [7, 11) is 0. The van der Waals surface area contributed by atoms with Crippen LogP contribution < -0.4 is 10.6 Å². The minimum atomic E-state index is -0.351. The highest BCUT2D eigenvalue weighted by atomic mass is 19.1. The number of aryl methyl sites for hydroxylation is 1. The van der Waals surface area contributed by atoms with Crippen LogP contribution in [0, 0.1) is 12.7 Å². The Labute approximate surface area is 118 Å². The van der Waals surface area contributed by atoms with E-state index in [1.54, 1.807) is 6.92 Å². The lowest BCUT2D eigenvalue weighted by atomic mass is 10.2. The maximum Gasteiger partial charge on any atom is 0.186 e. The van der Waals surface area contributed by atoms with Gasteiger partial charge in [-0.1, -0.05) is 19.1 Å². The predicted octanol–water partition coefficient (Wildman–Crippen LogP) is 2.92. The maximum atomic E-state index is 14.2. The number of halogens is 1. The van der Waals surface area contributed by atoms with Crippen LogP contribution in [0.3, 0.4) is 0 Å². The topological polar surface area (TPSA) is 55.0 Å². The Morgan fingerprint density at radius 2 is 1.90 bits per heavy atom. The third kappa shape index (κ3) is 3.23. The fourth-order valence-electron chi connectivity index (χ4n) is 2.04. The summed E-state index contributed by atoms with van der Waals surface area (Å²) in [6, 6.07) is 7.59. The number of rotatable bonds is 5. The molecular formula is C15H19FN4. The van der Waals surface area contributed by atoms with E-state index in [9.17, 15) is 4.39 Å². The summed E-state index contributed by atoms with van der Waals surface area (Å²) in [6.45, 7) is 5.04. The third-order valence-electron chi connectivity index (χ3n) is 3.09.